The summed E-state index contributed by atoms with van der Waals surface area (Å²) in [5, 5.41) is 2.84. The summed E-state index contributed by atoms with van der Waals surface area (Å²) in [6, 6.07) is 20.5. The maximum atomic E-state index is 12.3. The van der Waals surface area contributed by atoms with Crippen molar-refractivity contribution >= 4 is 23.2 Å². The monoisotopic (exact) mass is 416 g/mol. The summed E-state index contributed by atoms with van der Waals surface area (Å²) < 4.78 is 11.4. The van der Waals surface area contributed by atoms with Gasteiger partial charge in [-0.2, -0.15) is 0 Å². The summed E-state index contributed by atoms with van der Waals surface area (Å²) in [7, 11) is 0. The maximum Gasteiger partial charge on any atom is 0.262 e. The van der Waals surface area contributed by atoms with Gasteiger partial charge in [-0.3, -0.25) is 9.59 Å². The van der Waals surface area contributed by atoms with E-state index in [0.717, 1.165) is 23.4 Å². The number of fused-ring (bicyclic) bond motifs is 1. The van der Waals surface area contributed by atoms with E-state index in [-0.39, 0.29) is 18.4 Å². The van der Waals surface area contributed by atoms with Crippen LogP contribution in [-0.4, -0.2) is 25.0 Å². The fraction of sp³-hybridized carbons (Fsp3) is 0.200. The molecule has 0 spiro atoms. The van der Waals surface area contributed by atoms with Crippen molar-refractivity contribution in [2.45, 2.75) is 20.3 Å². The molecule has 0 fully saturated rings. The number of ether oxygens (including phenoxy) is 2. The standard InChI is InChI=1S/C25H24N2O4/c1-17-3-6-22(7-4-17)31-23-10-8-21(9-11-23)30-16-25(29)26-20-5-12-24-19(15-20)13-14-27(24)18(2)28/h3-12,15H,13-14,16H2,1-2H3,(H,26,29). The SMILES string of the molecule is CC(=O)N1CCc2cc(NC(=O)COc3ccc(Oc4ccc(C)cc4)cc3)ccc21. The van der Waals surface area contributed by atoms with Gasteiger partial charge >= 0.3 is 0 Å². The van der Waals surface area contributed by atoms with Crippen LogP contribution in [0, 0.1) is 6.92 Å². The molecule has 4 rings (SSSR count). The molecule has 1 aliphatic rings. The molecule has 0 aromatic heterocycles. The van der Waals surface area contributed by atoms with Crippen LogP contribution in [0.2, 0.25) is 0 Å². The summed E-state index contributed by atoms with van der Waals surface area (Å²) >= 11 is 0. The summed E-state index contributed by atoms with van der Waals surface area (Å²) in [6.07, 6.45) is 0.784. The maximum absolute atomic E-state index is 12.3. The zero-order chi connectivity index (χ0) is 21.8. The lowest BCUT2D eigenvalue weighted by Gasteiger charge is -2.15. The highest BCUT2D eigenvalue weighted by Crippen LogP contribution is 2.30. The highest BCUT2D eigenvalue weighted by Gasteiger charge is 2.22. The van der Waals surface area contributed by atoms with Crippen molar-refractivity contribution in [3.63, 3.8) is 0 Å². The highest BCUT2D eigenvalue weighted by molar-refractivity contribution is 5.95. The van der Waals surface area contributed by atoms with Crippen molar-refractivity contribution in [1.29, 1.82) is 0 Å². The number of hydrogen-bond donors (Lipinski definition) is 1. The normalized spacial score (nSPS) is 12.3. The molecule has 1 heterocycles. The molecule has 158 valence electrons. The Morgan fingerprint density at radius 2 is 1.58 bits per heavy atom. The van der Waals surface area contributed by atoms with E-state index in [2.05, 4.69) is 5.32 Å². The van der Waals surface area contributed by atoms with Crippen LogP contribution in [0.5, 0.6) is 17.2 Å². The quantitative estimate of drug-likeness (QED) is 0.632. The third-order valence-electron chi connectivity index (χ3n) is 5.09. The van der Waals surface area contributed by atoms with Gasteiger partial charge in [0, 0.05) is 24.8 Å². The first-order valence-corrected chi connectivity index (χ1v) is 10.2. The van der Waals surface area contributed by atoms with Gasteiger partial charge in [0.05, 0.1) is 0 Å². The van der Waals surface area contributed by atoms with Gasteiger partial charge in [-0.05, 0) is 73.5 Å². The molecule has 0 unspecified atom stereocenters. The third kappa shape index (κ3) is 5.04. The fourth-order valence-electron chi connectivity index (χ4n) is 3.50. The highest BCUT2D eigenvalue weighted by atomic mass is 16.5. The molecule has 2 amide bonds. The van der Waals surface area contributed by atoms with Crippen molar-refractivity contribution in [2.24, 2.45) is 0 Å². The van der Waals surface area contributed by atoms with Crippen molar-refractivity contribution in [1.82, 2.24) is 0 Å². The summed E-state index contributed by atoms with van der Waals surface area (Å²) in [5.74, 6) is 1.82. The number of amides is 2. The van der Waals surface area contributed by atoms with Gasteiger partial charge in [0.2, 0.25) is 5.91 Å². The van der Waals surface area contributed by atoms with E-state index in [0.29, 0.717) is 23.7 Å². The predicted molar refractivity (Wildman–Crippen MR) is 120 cm³/mol. The number of anilines is 2. The minimum absolute atomic E-state index is 0.0271. The van der Waals surface area contributed by atoms with Crippen LogP contribution in [-0.2, 0) is 16.0 Å². The number of benzene rings is 3. The molecular formula is C25H24N2O4. The summed E-state index contributed by atoms with van der Waals surface area (Å²) in [4.78, 5) is 25.7. The van der Waals surface area contributed by atoms with Crippen LogP contribution in [0.15, 0.2) is 66.7 Å². The van der Waals surface area contributed by atoms with Gasteiger partial charge in [0.15, 0.2) is 6.61 Å². The fourth-order valence-corrected chi connectivity index (χ4v) is 3.50. The Morgan fingerprint density at radius 3 is 2.26 bits per heavy atom. The van der Waals surface area contributed by atoms with Crippen LogP contribution in [0.25, 0.3) is 0 Å². The van der Waals surface area contributed by atoms with E-state index in [1.54, 1.807) is 42.2 Å². The van der Waals surface area contributed by atoms with Crippen LogP contribution >= 0.6 is 0 Å². The number of hydrogen-bond acceptors (Lipinski definition) is 4. The number of nitrogens with zero attached hydrogens (tertiary/aromatic N) is 1. The average Bonchev–Trinajstić information content (AvgIpc) is 3.18. The summed E-state index contributed by atoms with van der Waals surface area (Å²) in [5.41, 5.74) is 3.83. The van der Waals surface area contributed by atoms with Crippen molar-refractivity contribution < 1.29 is 19.1 Å². The van der Waals surface area contributed by atoms with Crippen LogP contribution in [0.1, 0.15) is 18.1 Å². The Hall–Kier alpha value is -3.80. The zero-order valence-electron chi connectivity index (χ0n) is 17.6. The number of nitrogens with one attached hydrogen (secondary N) is 1. The number of aryl methyl sites for hydroxylation is 1. The van der Waals surface area contributed by atoms with E-state index in [1.807, 2.05) is 43.3 Å². The van der Waals surface area contributed by atoms with Crippen molar-refractivity contribution in [2.75, 3.05) is 23.4 Å². The van der Waals surface area contributed by atoms with E-state index in [1.165, 1.54) is 5.56 Å². The third-order valence-corrected chi connectivity index (χ3v) is 5.09. The first kappa shape index (κ1) is 20.5. The Labute approximate surface area is 181 Å². The van der Waals surface area contributed by atoms with Gasteiger partial charge in [-0.15, -0.1) is 0 Å². The second kappa shape index (κ2) is 8.92. The Balaban J connectivity index is 1.29. The average molecular weight is 416 g/mol. The molecule has 1 N–H and O–H groups in total. The van der Waals surface area contributed by atoms with Crippen LogP contribution < -0.4 is 19.7 Å². The molecular weight excluding hydrogens is 392 g/mol. The second-order valence-electron chi connectivity index (χ2n) is 7.49. The Morgan fingerprint density at radius 1 is 0.935 bits per heavy atom. The van der Waals surface area contributed by atoms with Crippen LogP contribution in [0.4, 0.5) is 11.4 Å². The van der Waals surface area contributed by atoms with Gasteiger partial charge < -0.3 is 19.7 Å². The smallest absolute Gasteiger partial charge is 0.262 e. The molecule has 3 aromatic rings. The lowest BCUT2D eigenvalue weighted by atomic mass is 10.1. The first-order chi connectivity index (χ1) is 15.0. The van der Waals surface area contributed by atoms with Crippen LogP contribution in [0.3, 0.4) is 0 Å². The molecule has 6 heteroatoms. The number of carbonyl (C=O) groups is 2. The molecule has 1 aliphatic heterocycles. The number of carbonyl (C=O) groups excluding carboxylic acids is 2. The molecule has 0 atom stereocenters. The van der Waals surface area contributed by atoms with Gasteiger partial charge in [0.1, 0.15) is 17.2 Å². The minimum atomic E-state index is -0.249. The lowest BCUT2D eigenvalue weighted by molar-refractivity contribution is -0.118. The number of rotatable bonds is 6. The van der Waals surface area contributed by atoms with Crippen molar-refractivity contribution in [3.05, 3.63) is 77.9 Å². The van der Waals surface area contributed by atoms with E-state index in [4.69, 9.17) is 9.47 Å². The Kier molecular flexibility index (Phi) is 5.89. The molecule has 31 heavy (non-hydrogen) atoms. The predicted octanol–water partition coefficient (Wildman–Crippen LogP) is 4.71. The van der Waals surface area contributed by atoms with E-state index in [9.17, 15) is 9.59 Å². The van der Waals surface area contributed by atoms with E-state index >= 15 is 0 Å². The molecule has 6 nitrogen and oxygen atoms in total. The topological polar surface area (TPSA) is 67.9 Å². The molecule has 0 aliphatic carbocycles. The lowest BCUT2D eigenvalue weighted by Crippen LogP contribution is -2.25. The van der Waals surface area contributed by atoms with Gasteiger partial charge in [0.25, 0.3) is 5.91 Å². The molecule has 3 aromatic carbocycles. The Bertz CT molecular complexity index is 1090. The summed E-state index contributed by atoms with van der Waals surface area (Å²) in [6.45, 7) is 4.16. The molecule has 0 saturated heterocycles. The second-order valence-corrected chi connectivity index (χ2v) is 7.49. The minimum Gasteiger partial charge on any atom is -0.484 e. The molecule has 0 radical (unpaired) electrons. The van der Waals surface area contributed by atoms with Gasteiger partial charge in [-0.25, -0.2) is 0 Å². The van der Waals surface area contributed by atoms with Gasteiger partial charge in [-0.1, -0.05) is 17.7 Å². The largest absolute Gasteiger partial charge is 0.484 e. The van der Waals surface area contributed by atoms with E-state index < -0.39 is 0 Å². The molecule has 0 saturated carbocycles. The van der Waals surface area contributed by atoms with Crippen molar-refractivity contribution in [3.8, 4) is 17.2 Å². The zero-order valence-corrected chi connectivity index (χ0v) is 17.6. The molecule has 0 bridgehead atoms. The first-order valence-electron chi connectivity index (χ1n) is 10.2.